The van der Waals surface area contributed by atoms with Crippen LogP contribution in [0.4, 0.5) is 5.82 Å². The number of rotatable bonds is 5. The molecule has 0 saturated carbocycles. The molecule has 3 aromatic rings. The molecule has 4 rings (SSSR count). The van der Waals surface area contributed by atoms with Gasteiger partial charge in [-0.1, -0.05) is 23.7 Å². The average molecular weight is 411 g/mol. The zero-order valence-electron chi connectivity index (χ0n) is 16.9. The van der Waals surface area contributed by atoms with E-state index in [1.165, 1.54) is 11.4 Å². The number of anilines is 1. The molecule has 1 saturated heterocycles. The van der Waals surface area contributed by atoms with Crippen LogP contribution in [0.5, 0.6) is 0 Å². The molecular weight excluding hydrogens is 384 g/mol. The average Bonchev–Trinajstić information content (AvgIpc) is 3.09. The molecule has 1 aliphatic rings. The van der Waals surface area contributed by atoms with Gasteiger partial charge in [-0.2, -0.15) is 0 Å². The monoisotopic (exact) mass is 410 g/mol. The number of nitrogens with two attached hydrogens (primary N) is 1. The molecule has 2 heterocycles. The minimum Gasteiger partial charge on any atom is -0.366 e. The van der Waals surface area contributed by atoms with Gasteiger partial charge >= 0.3 is 0 Å². The number of aromatic nitrogens is 1. The van der Waals surface area contributed by atoms with Gasteiger partial charge < -0.3 is 15.2 Å². The third-order valence-corrected chi connectivity index (χ3v) is 5.89. The highest BCUT2D eigenvalue weighted by molar-refractivity contribution is 6.30. The third kappa shape index (κ3) is 4.11. The van der Waals surface area contributed by atoms with Gasteiger partial charge in [-0.05, 0) is 55.8 Å². The Kier molecular flexibility index (Phi) is 5.52. The summed E-state index contributed by atoms with van der Waals surface area (Å²) in [4.78, 5) is 16.5. The summed E-state index contributed by atoms with van der Waals surface area (Å²) in [5.41, 5.74) is 8.46. The molecule has 0 bridgehead atoms. The van der Waals surface area contributed by atoms with Gasteiger partial charge in [-0.15, -0.1) is 0 Å². The highest BCUT2D eigenvalue weighted by atomic mass is 35.5. The molecule has 0 aliphatic carbocycles. The van der Waals surface area contributed by atoms with Crippen molar-refractivity contribution in [3.05, 3.63) is 64.7 Å². The first-order chi connectivity index (χ1) is 13.9. The fourth-order valence-electron chi connectivity index (χ4n) is 4.14. The number of hydrogen-bond acceptors (Lipinski definition) is 3. The molecule has 0 unspecified atom stereocenters. The van der Waals surface area contributed by atoms with E-state index in [9.17, 15) is 4.79 Å². The topological polar surface area (TPSA) is 54.5 Å². The van der Waals surface area contributed by atoms with Crippen LogP contribution in [0, 0.1) is 0 Å². The highest BCUT2D eigenvalue weighted by Gasteiger charge is 2.22. The van der Waals surface area contributed by atoms with Crippen molar-refractivity contribution in [2.75, 3.05) is 31.1 Å². The van der Waals surface area contributed by atoms with Gasteiger partial charge in [0.25, 0.3) is 0 Å². The third-order valence-electron chi connectivity index (χ3n) is 5.64. The van der Waals surface area contributed by atoms with Gasteiger partial charge in [0.15, 0.2) is 0 Å². The van der Waals surface area contributed by atoms with Gasteiger partial charge in [0.2, 0.25) is 5.91 Å². The van der Waals surface area contributed by atoms with Crippen molar-refractivity contribution in [3.8, 4) is 0 Å². The number of fused-ring (bicyclic) bond motifs is 1. The van der Waals surface area contributed by atoms with Gasteiger partial charge in [-0.3, -0.25) is 9.69 Å². The smallest absolute Gasteiger partial charge is 0.248 e. The van der Waals surface area contributed by atoms with E-state index in [0.29, 0.717) is 11.6 Å². The fourth-order valence-corrected chi connectivity index (χ4v) is 4.27. The second-order valence-corrected chi connectivity index (χ2v) is 8.43. The maximum absolute atomic E-state index is 11.6. The SMILES string of the molecule is CC(C)n1c(N2CCN(Cc3ccc(Cl)cc3)CC2)cc2cc(C(N)=O)ccc21. The zero-order valence-corrected chi connectivity index (χ0v) is 17.7. The summed E-state index contributed by atoms with van der Waals surface area (Å²) in [6.45, 7) is 9.30. The molecule has 1 aliphatic heterocycles. The molecule has 1 amide bonds. The summed E-state index contributed by atoms with van der Waals surface area (Å²) in [7, 11) is 0. The lowest BCUT2D eigenvalue weighted by Gasteiger charge is -2.37. The molecule has 5 nitrogen and oxygen atoms in total. The molecule has 0 radical (unpaired) electrons. The molecule has 1 fully saturated rings. The van der Waals surface area contributed by atoms with Crippen LogP contribution in [-0.4, -0.2) is 41.6 Å². The molecule has 0 spiro atoms. The Morgan fingerprint density at radius 3 is 2.34 bits per heavy atom. The second kappa shape index (κ2) is 8.09. The number of piperazine rings is 1. The van der Waals surface area contributed by atoms with Crippen LogP contribution in [0.3, 0.4) is 0 Å². The molecule has 1 aromatic heterocycles. The van der Waals surface area contributed by atoms with Crippen molar-refractivity contribution in [2.24, 2.45) is 5.73 Å². The van der Waals surface area contributed by atoms with E-state index < -0.39 is 0 Å². The van der Waals surface area contributed by atoms with E-state index in [4.69, 9.17) is 17.3 Å². The normalized spacial score (nSPS) is 15.4. The molecule has 29 heavy (non-hydrogen) atoms. The number of halogens is 1. The molecule has 2 N–H and O–H groups in total. The highest BCUT2D eigenvalue weighted by Crippen LogP contribution is 2.31. The predicted octanol–water partition coefficient (Wildman–Crippen LogP) is 4.30. The number of hydrogen-bond donors (Lipinski definition) is 1. The van der Waals surface area contributed by atoms with Crippen molar-refractivity contribution < 1.29 is 4.79 Å². The quantitative estimate of drug-likeness (QED) is 0.682. The van der Waals surface area contributed by atoms with Crippen molar-refractivity contribution in [1.29, 1.82) is 0 Å². The Morgan fingerprint density at radius 1 is 1.03 bits per heavy atom. The van der Waals surface area contributed by atoms with E-state index in [1.54, 1.807) is 0 Å². The number of nitrogens with zero attached hydrogens (tertiary/aromatic N) is 3. The summed E-state index contributed by atoms with van der Waals surface area (Å²) in [5.74, 6) is 0.823. The van der Waals surface area contributed by atoms with Crippen LogP contribution in [0.1, 0.15) is 35.8 Å². The van der Waals surface area contributed by atoms with E-state index in [0.717, 1.165) is 48.6 Å². The molecular formula is C23H27ClN4O. The van der Waals surface area contributed by atoms with Crippen molar-refractivity contribution in [3.63, 3.8) is 0 Å². The molecule has 0 atom stereocenters. The van der Waals surface area contributed by atoms with E-state index in [2.05, 4.69) is 46.4 Å². The van der Waals surface area contributed by atoms with Gasteiger partial charge in [0.1, 0.15) is 5.82 Å². The minimum atomic E-state index is -0.387. The molecule has 2 aromatic carbocycles. The number of benzene rings is 2. The van der Waals surface area contributed by atoms with Gasteiger partial charge in [0.05, 0.1) is 0 Å². The Hall–Kier alpha value is -2.50. The lowest BCUT2D eigenvalue weighted by Crippen LogP contribution is -2.46. The van der Waals surface area contributed by atoms with Crippen LogP contribution < -0.4 is 10.6 Å². The van der Waals surface area contributed by atoms with Crippen LogP contribution in [-0.2, 0) is 6.54 Å². The second-order valence-electron chi connectivity index (χ2n) is 7.99. The lowest BCUT2D eigenvalue weighted by molar-refractivity contribution is 0.100. The fraction of sp³-hybridized carbons (Fsp3) is 0.348. The van der Waals surface area contributed by atoms with Gasteiger partial charge in [-0.25, -0.2) is 0 Å². The minimum absolute atomic E-state index is 0.328. The van der Waals surface area contributed by atoms with E-state index >= 15 is 0 Å². The Morgan fingerprint density at radius 2 is 1.72 bits per heavy atom. The van der Waals surface area contributed by atoms with Crippen molar-refractivity contribution in [1.82, 2.24) is 9.47 Å². The Balaban J connectivity index is 1.53. The summed E-state index contributed by atoms with van der Waals surface area (Å²) in [6, 6.07) is 16.3. The first-order valence-electron chi connectivity index (χ1n) is 10.1. The molecule has 6 heteroatoms. The van der Waals surface area contributed by atoms with Crippen LogP contribution in [0.15, 0.2) is 48.5 Å². The van der Waals surface area contributed by atoms with Crippen molar-refractivity contribution in [2.45, 2.75) is 26.4 Å². The number of carbonyl (C=O) groups is 1. The van der Waals surface area contributed by atoms with E-state index in [1.807, 2.05) is 30.3 Å². The standard InChI is InChI=1S/C23H27ClN4O/c1-16(2)28-21-8-5-18(23(25)29)13-19(21)14-22(28)27-11-9-26(10-12-27)15-17-3-6-20(24)7-4-17/h3-8,13-14,16H,9-12,15H2,1-2H3,(H2,25,29). The maximum Gasteiger partial charge on any atom is 0.248 e. The lowest BCUT2D eigenvalue weighted by atomic mass is 10.1. The Bertz CT molecular complexity index is 1020. The number of amides is 1. The van der Waals surface area contributed by atoms with Crippen LogP contribution in [0.25, 0.3) is 10.9 Å². The predicted molar refractivity (Wildman–Crippen MR) is 120 cm³/mol. The van der Waals surface area contributed by atoms with Crippen molar-refractivity contribution >= 4 is 34.2 Å². The summed E-state index contributed by atoms with van der Waals surface area (Å²) >= 11 is 5.99. The zero-order chi connectivity index (χ0) is 20.5. The maximum atomic E-state index is 11.6. The number of carbonyl (C=O) groups excluding carboxylic acids is 1. The first-order valence-corrected chi connectivity index (χ1v) is 10.5. The first kappa shape index (κ1) is 19.8. The summed E-state index contributed by atoms with van der Waals surface area (Å²) in [5, 5.41) is 1.84. The van der Waals surface area contributed by atoms with Gasteiger partial charge in [0, 0.05) is 60.3 Å². The summed E-state index contributed by atoms with van der Waals surface area (Å²) in [6.07, 6.45) is 0. The molecule has 152 valence electrons. The van der Waals surface area contributed by atoms with E-state index in [-0.39, 0.29) is 5.91 Å². The van der Waals surface area contributed by atoms with Crippen LogP contribution >= 0.6 is 11.6 Å². The van der Waals surface area contributed by atoms with Crippen LogP contribution in [0.2, 0.25) is 5.02 Å². The Labute approximate surface area is 176 Å². The largest absolute Gasteiger partial charge is 0.366 e. The number of primary amides is 1. The summed E-state index contributed by atoms with van der Waals surface area (Å²) < 4.78 is 2.36.